The minimum atomic E-state index is -0.529. The zero-order valence-electron chi connectivity index (χ0n) is 9.19. The summed E-state index contributed by atoms with van der Waals surface area (Å²) >= 11 is 0. The first kappa shape index (κ1) is 11.7. The summed E-state index contributed by atoms with van der Waals surface area (Å²) in [5, 5.41) is 20.9. The number of rotatable bonds is 4. The van der Waals surface area contributed by atoms with E-state index in [-0.39, 0.29) is 23.5 Å². The van der Waals surface area contributed by atoms with E-state index in [1.54, 1.807) is 0 Å². The third-order valence-electron chi connectivity index (χ3n) is 3.01. The predicted octanol–water partition coefficient (Wildman–Crippen LogP) is -0.417. The minimum absolute atomic E-state index is 0.0495. The van der Waals surface area contributed by atoms with Crippen LogP contribution >= 0.6 is 0 Å². The van der Waals surface area contributed by atoms with Gasteiger partial charge in [0.15, 0.2) is 5.88 Å². The number of carbonyl (C=O) groups excluding carboxylic acids is 1. The molecule has 0 atom stereocenters. The number of aromatic amines is 1. The molecule has 0 aliphatic heterocycles. The molecule has 1 aliphatic rings. The lowest BCUT2D eigenvalue weighted by atomic mass is 10.1. The summed E-state index contributed by atoms with van der Waals surface area (Å²) in [4.78, 5) is 24.9. The number of aromatic hydroxyl groups is 1. The number of pyridine rings is 1. The zero-order valence-corrected chi connectivity index (χ0v) is 9.19. The highest BCUT2D eigenvalue weighted by atomic mass is 16.3. The number of aliphatic hydroxyl groups is 1. The Kier molecular flexibility index (Phi) is 2.89. The van der Waals surface area contributed by atoms with Crippen molar-refractivity contribution in [1.29, 1.82) is 0 Å². The van der Waals surface area contributed by atoms with E-state index in [9.17, 15) is 9.59 Å². The van der Waals surface area contributed by atoms with Gasteiger partial charge in [0.1, 0.15) is 0 Å². The molecule has 0 bridgehead atoms. The van der Waals surface area contributed by atoms with Crippen molar-refractivity contribution in [3.05, 3.63) is 28.0 Å². The summed E-state index contributed by atoms with van der Waals surface area (Å²) in [6, 6.07) is 2.31. The van der Waals surface area contributed by atoms with E-state index in [1.165, 1.54) is 6.07 Å². The maximum atomic E-state index is 11.7. The molecule has 1 aliphatic carbocycles. The maximum absolute atomic E-state index is 11.7. The molecule has 1 amide bonds. The molecule has 1 aromatic rings. The van der Waals surface area contributed by atoms with E-state index in [1.807, 2.05) is 0 Å². The summed E-state index contributed by atoms with van der Waals surface area (Å²) in [5.41, 5.74) is -0.600. The number of aliphatic hydroxyl groups excluding tert-OH is 1. The van der Waals surface area contributed by atoms with Gasteiger partial charge in [-0.15, -0.1) is 0 Å². The Hall–Kier alpha value is -1.82. The third-order valence-corrected chi connectivity index (χ3v) is 3.01. The highest BCUT2D eigenvalue weighted by Crippen LogP contribution is 2.44. The van der Waals surface area contributed by atoms with Crippen LogP contribution in [0.2, 0.25) is 0 Å². The minimum Gasteiger partial charge on any atom is -0.494 e. The van der Waals surface area contributed by atoms with E-state index in [4.69, 9.17) is 10.2 Å². The number of carbonyl (C=O) groups is 1. The molecule has 0 saturated heterocycles. The van der Waals surface area contributed by atoms with Gasteiger partial charge < -0.3 is 15.5 Å². The summed E-state index contributed by atoms with van der Waals surface area (Å²) in [7, 11) is 0. The SMILES string of the molecule is O=C(NCC1(CO)CC1)c1cc(O)[nH]c(=O)c1. The monoisotopic (exact) mass is 238 g/mol. The summed E-state index contributed by atoms with van der Waals surface area (Å²) < 4.78 is 0. The molecule has 92 valence electrons. The van der Waals surface area contributed by atoms with Crippen LogP contribution < -0.4 is 10.9 Å². The molecule has 0 aromatic carbocycles. The van der Waals surface area contributed by atoms with Crippen molar-refractivity contribution in [1.82, 2.24) is 10.3 Å². The van der Waals surface area contributed by atoms with Gasteiger partial charge in [-0.25, -0.2) is 0 Å². The lowest BCUT2D eigenvalue weighted by Crippen LogP contribution is -2.32. The first-order valence-corrected chi connectivity index (χ1v) is 5.37. The fourth-order valence-electron chi connectivity index (χ4n) is 1.60. The van der Waals surface area contributed by atoms with Crippen molar-refractivity contribution in [3.8, 4) is 5.88 Å². The molecular formula is C11H14N2O4. The van der Waals surface area contributed by atoms with Crippen LogP contribution in [0, 0.1) is 5.41 Å². The predicted molar refractivity (Wildman–Crippen MR) is 59.8 cm³/mol. The molecule has 0 radical (unpaired) electrons. The summed E-state index contributed by atoms with van der Waals surface area (Å²) in [5.74, 6) is -0.767. The molecule has 1 saturated carbocycles. The second kappa shape index (κ2) is 4.21. The van der Waals surface area contributed by atoms with Crippen molar-refractivity contribution in [2.75, 3.05) is 13.2 Å². The Morgan fingerprint density at radius 1 is 1.47 bits per heavy atom. The fourth-order valence-corrected chi connectivity index (χ4v) is 1.60. The Bertz CT molecular complexity index is 490. The van der Waals surface area contributed by atoms with E-state index >= 15 is 0 Å². The van der Waals surface area contributed by atoms with E-state index in [0.717, 1.165) is 18.9 Å². The Morgan fingerprint density at radius 3 is 2.71 bits per heavy atom. The molecule has 6 nitrogen and oxygen atoms in total. The second-order valence-corrected chi connectivity index (χ2v) is 4.46. The molecule has 0 spiro atoms. The first-order chi connectivity index (χ1) is 8.04. The quantitative estimate of drug-likeness (QED) is 0.572. The normalized spacial score (nSPS) is 16.5. The number of H-pyrrole nitrogens is 1. The smallest absolute Gasteiger partial charge is 0.251 e. The van der Waals surface area contributed by atoms with Gasteiger partial charge in [0.25, 0.3) is 11.5 Å². The van der Waals surface area contributed by atoms with Gasteiger partial charge in [-0.1, -0.05) is 0 Å². The van der Waals surface area contributed by atoms with Crippen molar-refractivity contribution in [2.24, 2.45) is 5.41 Å². The summed E-state index contributed by atoms with van der Waals surface area (Å²) in [6.07, 6.45) is 1.79. The lowest BCUT2D eigenvalue weighted by Gasteiger charge is -2.12. The van der Waals surface area contributed by atoms with Gasteiger partial charge in [-0.3, -0.25) is 14.6 Å². The van der Waals surface area contributed by atoms with Gasteiger partial charge in [-0.2, -0.15) is 0 Å². The number of amides is 1. The second-order valence-electron chi connectivity index (χ2n) is 4.46. The number of hydrogen-bond donors (Lipinski definition) is 4. The zero-order chi connectivity index (χ0) is 12.5. The highest BCUT2D eigenvalue weighted by Gasteiger charge is 2.42. The van der Waals surface area contributed by atoms with Crippen LogP contribution in [0.1, 0.15) is 23.2 Å². The van der Waals surface area contributed by atoms with E-state index in [2.05, 4.69) is 10.3 Å². The van der Waals surface area contributed by atoms with Crippen molar-refractivity contribution in [2.45, 2.75) is 12.8 Å². The first-order valence-electron chi connectivity index (χ1n) is 5.37. The van der Waals surface area contributed by atoms with Crippen LogP contribution in [0.25, 0.3) is 0 Å². The van der Waals surface area contributed by atoms with Gasteiger partial charge >= 0.3 is 0 Å². The molecule has 17 heavy (non-hydrogen) atoms. The molecule has 4 N–H and O–H groups in total. The molecule has 1 heterocycles. The number of aromatic nitrogens is 1. The lowest BCUT2D eigenvalue weighted by molar-refractivity contribution is 0.0934. The van der Waals surface area contributed by atoms with Crippen molar-refractivity contribution in [3.63, 3.8) is 0 Å². The molecule has 1 aromatic heterocycles. The topological polar surface area (TPSA) is 102 Å². The van der Waals surface area contributed by atoms with Gasteiger partial charge in [-0.05, 0) is 12.8 Å². The summed E-state index contributed by atoms with van der Waals surface area (Å²) in [6.45, 7) is 0.434. The van der Waals surface area contributed by atoms with Gasteiger partial charge in [0.05, 0.1) is 12.2 Å². The molecular weight excluding hydrogens is 224 g/mol. The molecule has 0 unspecified atom stereocenters. The average Bonchev–Trinajstić information content (AvgIpc) is 3.05. The molecule has 1 fully saturated rings. The number of hydrogen-bond acceptors (Lipinski definition) is 4. The van der Waals surface area contributed by atoms with E-state index < -0.39 is 11.5 Å². The average molecular weight is 238 g/mol. The Balaban J connectivity index is 2.02. The van der Waals surface area contributed by atoms with Crippen LogP contribution in [0.5, 0.6) is 5.88 Å². The highest BCUT2D eigenvalue weighted by molar-refractivity contribution is 5.94. The van der Waals surface area contributed by atoms with Crippen LogP contribution in [-0.2, 0) is 0 Å². The number of nitrogens with one attached hydrogen (secondary N) is 2. The van der Waals surface area contributed by atoms with Crippen LogP contribution in [0.3, 0.4) is 0 Å². The van der Waals surface area contributed by atoms with Crippen LogP contribution in [0.4, 0.5) is 0 Å². The van der Waals surface area contributed by atoms with Gasteiger partial charge in [0.2, 0.25) is 0 Å². The molecule has 6 heteroatoms. The Labute approximate surface area is 97.3 Å². The largest absolute Gasteiger partial charge is 0.494 e. The van der Waals surface area contributed by atoms with Crippen molar-refractivity contribution >= 4 is 5.91 Å². The fraction of sp³-hybridized carbons (Fsp3) is 0.455. The maximum Gasteiger partial charge on any atom is 0.251 e. The Morgan fingerprint density at radius 2 is 2.18 bits per heavy atom. The third kappa shape index (κ3) is 2.65. The van der Waals surface area contributed by atoms with Gasteiger partial charge in [0, 0.05) is 24.1 Å². The van der Waals surface area contributed by atoms with E-state index in [0.29, 0.717) is 6.54 Å². The standard InChI is InChI=1S/C11H14N2O4/c14-6-11(1-2-11)5-12-10(17)7-3-8(15)13-9(16)4-7/h3-4,14H,1-2,5-6H2,(H,12,17)(H2,13,15,16). The van der Waals surface area contributed by atoms with Crippen molar-refractivity contribution < 1.29 is 15.0 Å². The molecule has 2 rings (SSSR count). The van der Waals surface area contributed by atoms with Crippen LogP contribution in [-0.4, -0.2) is 34.3 Å². The van der Waals surface area contributed by atoms with Crippen LogP contribution in [0.15, 0.2) is 16.9 Å².